The number of quaternary nitrogens is 1. The fourth-order valence-electron chi connectivity index (χ4n) is 3.37. The van der Waals surface area contributed by atoms with E-state index < -0.39 is 0 Å². The van der Waals surface area contributed by atoms with Crippen LogP contribution in [0.5, 0.6) is 5.75 Å². The fraction of sp³-hybridized carbons (Fsp3) is 0.350. The van der Waals surface area contributed by atoms with Crippen molar-refractivity contribution in [1.82, 2.24) is 0 Å². The van der Waals surface area contributed by atoms with E-state index in [-0.39, 0.29) is 11.7 Å². The molecule has 0 saturated carbocycles. The van der Waals surface area contributed by atoms with E-state index in [1.54, 1.807) is 12.0 Å². The van der Waals surface area contributed by atoms with Gasteiger partial charge in [0.15, 0.2) is 5.78 Å². The highest BCUT2D eigenvalue weighted by Crippen LogP contribution is 2.21. The summed E-state index contributed by atoms with van der Waals surface area (Å²) < 4.78 is 5.19. The van der Waals surface area contributed by atoms with Crippen molar-refractivity contribution in [2.45, 2.75) is 18.8 Å². The molecular formula is C20H24NO2+. The summed E-state index contributed by atoms with van der Waals surface area (Å²) in [6.07, 6.45) is 2.54. The minimum atomic E-state index is -0.0716. The number of methoxy groups -OCH3 is 1. The van der Waals surface area contributed by atoms with Crippen molar-refractivity contribution < 1.29 is 14.4 Å². The quantitative estimate of drug-likeness (QED) is 0.830. The molecule has 0 aromatic heterocycles. The van der Waals surface area contributed by atoms with Crippen LogP contribution in [0.15, 0.2) is 54.6 Å². The molecule has 0 unspecified atom stereocenters. The molecule has 3 rings (SSSR count). The van der Waals surface area contributed by atoms with Crippen LogP contribution in [-0.4, -0.2) is 32.5 Å². The second kappa shape index (κ2) is 7.42. The predicted molar refractivity (Wildman–Crippen MR) is 91.3 cm³/mol. The molecule has 0 radical (unpaired) electrons. The molecule has 0 aliphatic carbocycles. The van der Waals surface area contributed by atoms with Crippen LogP contribution in [0.25, 0.3) is 0 Å². The van der Waals surface area contributed by atoms with Gasteiger partial charge in [-0.05, 0) is 29.8 Å². The Hall–Kier alpha value is -2.13. The topological polar surface area (TPSA) is 30.7 Å². The minimum Gasteiger partial charge on any atom is -0.497 e. The Labute approximate surface area is 137 Å². The molecule has 120 valence electrons. The molecule has 23 heavy (non-hydrogen) atoms. The van der Waals surface area contributed by atoms with Crippen LogP contribution < -0.4 is 9.64 Å². The third kappa shape index (κ3) is 3.80. The second-order valence-electron chi connectivity index (χ2n) is 6.22. The molecule has 1 heterocycles. The Balaban J connectivity index is 1.85. The van der Waals surface area contributed by atoms with Gasteiger partial charge in [-0.25, -0.2) is 0 Å². The lowest BCUT2D eigenvalue weighted by Crippen LogP contribution is -3.10. The zero-order valence-electron chi connectivity index (χ0n) is 13.6. The van der Waals surface area contributed by atoms with Gasteiger partial charge in [0.1, 0.15) is 5.75 Å². The summed E-state index contributed by atoms with van der Waals surface area (Å²) in [5.41, 5.74) is 1.88. The van der Waals surface area contributed by atoms with Crippen LogP contribution in [0.4, 0.5) is 0 Å². The Morgan fingerprint density at radius 3 is 2.30 bits per heavy atom. The number of rotatable bonds is 6. The van der Waals surface area contributed by atoms with E-state index >= 15 is 0 Å². The van der Waals surface area contributed by atoms with Gasteiger partial charge in [-0.3, -0.25) is 4.79 Å². The molecule has 3 nitrogen and oxygen atoms in total. The van der Waals surface area contributed by atoms with Crippen molar-refractivity contribution in [3.05, 3.63) is 65.7 Å². The number of carbonyl (C=O) groups excluding carboxylic acids is 1. The van der Waals surface area contributed by atoms with Crippen LogP contribution in [-0.2, 0) is 0 Å². The third-order valence-electron chi connectivity index (χ3n) is 4.70. The van der Waals surface area contributed by atoms with Crippen molar-refractivity contribution in [3.8, 4) is 5.75 Å². The van der Waals surface area contributed by atoms with Crippen molar-refractivity contribution in [2.75, 3.05) is 26.7 Å². The van der Waals surface area contributed by atoms with Crippen LogP contribution >= 0.6 is 0 Å². The molecule has 0 bridgehead atoms. The number of ketones is 1. The van der Waals surface area contributed by atoms with Crippen molar-refractivity contribution >= 4 is 5.78 Å². The van der Waals surface area contributed by atoms with Crippen LogP contribution in [0, 0.1) is 0 Å². The first kappa shape index (κ1) is 15.8. The van der Waals surface area contributed by atoms with Crippen LogP contribution in [0.1, 0.15) is 34.7 Å². The lowest BCUT2D eigenvalue weighted by molar-refractivity contribution is -0.887. The summed E-state index contributed by atoms with van der Waals surface area (Å²) in [6, 6.07) is 17.6. The number of likely N-dealkylation sites (tertiary alicyclic amines) is 1. The predicted octanol–water partition coefficient (Wildman–Crippen LogP) is 2.34. The Bertz CT molecular complexity index is 630. The molecule has 1 fully saturated rings. The molecule has 0 amide bonds. The largest absolute Gasteiger partial charge is 0.497 e. The summed E-state index contributed by atoms with van der Waals surface area (Å²) in [6.45, 7) is 3.24. The zero-order chi connectivity index (χ0) is 16.1. The normalized spacial score (nSPS) is 16.2. The molecule has 1 aliphatic heterocycles. The maximum absolute atomic E-state index is 13.1. The molecule has 1 atom stereocenters. The van der Waals surface area contributed by atoms with Gasteiger partial charge < -0.3 is 9.64 Å². The molecule has 2 aromatic rings. The van der Waals surface area contributed by atoms with E-state index in [4.69, 9.17) is 4.74 Å². The summed E-state index contributed by atoms with van der Waals surface area (Å²) in [5.74, 6) is 0.916. The van der Waals surface area contributed by atoms with Crippen LogP contribution in [0.3, 0.4) is 0 Å². The smallest absolute Gasteiger partial charge is 0.175 e. The second-order valence-corrected chi connectivity index (χ2v) is 6.22. The third-order valence-corrected chi connectivity index (χ3v) is 4.70. The standard InChI is InChI=1S/C20H23NO2/c1-23-18-11-9-17(10-12-18)20(22)19(15-21-13-5-6-14-21)16-7-3-2-4-8-16/h2-4,7-12,19H,5-6,13-15H2,1H3/p+1/t19-/m0/s1. The fourth-order valence-corrected chi connectivity index (χ4v) is 3.37. The van der Waals surface area contributed by atoms with Gasteiger partial charge in [0.05, 0.1) is 32.7 Å². The molecule has 1 aliphatic rings. The number of benzene rings is 2. The molecular weight excluding hydrogens is 286 g/mol. The SMILES string of the molecule is COc1ccc(C(=O)[C@@H](C[NH+]2CCCC2)c2ccccc2)cc1. The highest BCUT2D eigenvalue weighted by atomic mass is 16.5. The average Bonchev–Trinajstić information content (AvgIpc) is 3.13. The lowest BCUT2D eigenvalue weighted by Gasteiger charge is -2.21. The van der Waals surface area contributed by atoms with Gasteiger partial charge in [-0.2, -0.15) is 0 Å². The first-order chi connectivity index (χ1) is 11.3. The number of carbonyl (C=O) groups is 1. The Morgan fingerprint density at radius 1 is 1.04 bits per heavy atom. The number of hydrogen-bond donors (Lipinski definition) is 1. The number of ether oxygens (including phenoxy) is 1. The van der Waals surface area contributed by atoms with Gasteiger partial charge in [0.2, 0.25) is 0 Å². The molecule has 3 heteroatoms. The summed E-state index contributed by atoms with van der Waals surface area (Å²) >= 11 is 0. The Kier molecular flexibility index (Phi) is 5.09. The van der Waals surface area contributed by atoms with Gasteiger partial charge in [0.25, 0.3) is 0 Å². The van der Waals surface area contributed by atoms with Crippen LogP contribution in [0.2, 0.25) is 0 Å². The molecule has 1 saturated heterocycles. The maximum Gasteiger partial charge on any atom is 0.175 e. The van der Waals surface area contributed by atoms with Crippen molar-refractivity contribution in [3.63, 3.8) is 0 Å². The van der Waals surface area contributed by atoms with Gasteiger partial charge in [0, 0.05) is 18.4 Å². The maximum atomic E-state index is 13.1. The van der Waals surface area contributed by atoms with Gasteiger partial charge in [-0.15, -0.1) is 0 Å². The molecule has 2 aromatic carbocycles. The van der Waals surface area contributed by atoms with Gasteiger partial charge in [-0.1, -0.05) is 30.3 Å². The van der Waals surface area contributed by atoms with E-state index in [1.165, 1.54) is 25.9 Å². The lowest BCUT2D eigenvalue weighted by atomic mass is 9.90. The average molecular weight is 310 g/mol. The summed E-state index contributed by atoms with van der Waals surface area (Å²) in [5, 5.41) is 0. The monoisotopic (exact) mass is 310 g/mol. The number of Topliss-reactive ketones (excluding diaryl/α,β-unsaturated/α-hetero) is 1. The van der Waals surface area contributed by atoms with Crippen molar-refractivity contribution in [1.29, 1.82) is 0 Å². The van der Waals surface area contributed by atoms with E-state index in [1.807, 2.05) is 42.5 Å². The van der Waals surface area contributed by atoms with E-state index in [0.717, 1.165) is 23.4 Å². The van der Waals surface area contributed by atoms with E-state index in [0.29, 0.717) is 0 Å². The molecule has 1 N–H and O–H groups in total. The first-order valence-electron chi connectivity index (χ1n) is 8.34. The number of hydrogen-bond acceptors (Lipinski definition) is 2. The number of nitrogens with one attached hydrogen (secondary N) is 1. The van der Waals surface area contributed by atoms with Crippen molar-refractivity contribution in [2.24, 2.45) is 0 Å². The Morgan fingerprint density at radius 2 is 1.70 bits per heavy atom. The van der Waals surface area contributed by atoms with E-state index in [2.05, 4.69) is 12.1 Å². The molecule has 0 spiro atoms. The zero-order valence-corrected chi connectivity index (χ0v) is 13.6. The highest BCUT2D eigenvalue weighted by Gasteiger charge is 2.28. The summed E-state index contributed by atoms with van der Waals surface area (Å²) in [4.78, 5) is 14.6. The first-order valence-corrected chi connectivity index (χ1v) is 8.34. The van der Waals surface area contributed by atoms with Gasteiger partial charge >= 0.3 is 0 Å². The minimum absolute atomic E-state index is 0.0716. The van der Waals surface area contributed by atoms with E-state index in [9.17, 15) is 4.79 Å². The highest BCUT2D eigenvalue weighted by molar-refractivity contribution is 6.01. The summed E-state index contributed by atoms with van der Waals surface area (Å²) in [7, 11) is 1.64.